The van der Waals surface area contributed by atoms with Crippen molar-refractivity contribution in [3.8, 4) is 0 Å². The number of hydrogen-bond donors (Lipinski definition) is 1. The minimum atomic E-state index is 0.0977. The number of aromatic nitrogens is 4. The zero-order valence-corrected chi connectivity index (χ0v) is 13.5. The van der Waals surface area contributed by atoms with E-state index in [-0.39, 0.29) is 6.10 Å². The minimum absolute atomic E-state index is 0.0977. The molecule has 1 N–H and O–H groups in total. The summed E-state index contributed by atoms with van der Waals surface area (Å²) in [5.41, 5.74) is 1.16. The molecule has 6 nitrogen and oxygen atoms in total. The normalized spacial score (nSPS) is 21.6. The predicted molar refractivity (Wildman–Crippen MR) is 82.9 cm³/mol. The molecule has 1 saturated heterocycles. The van der Waals surface area contributed by atoms with E-state index in [0.717, 1.165) is 42.1 Å². The van der Waals surface area contributed by atoms with Gasteiger partial charge in [0.05, 0.1) is 10.2 Å². The van der Waals surface area contributed by atoms with Crippen molar-refractivity contribution in [1.82, 2.24) is 19.7 Å². The van der Waals surface area contributed by atoms with Gasteiger partial charge >= 0.3 is 0 Å². The number of halogens is 1. The lowest BCUT2D eigenvalue weighted by Crippen LogP contribution is -2.21. The molecule has 2 aromatic rings. The van der Waals surface area contributed by atoms with Gasteiger partial charge in [-0.2, -0.15) is 5.10 Å². The van der Waals surface area contributed by atoms with Crippen LogP contribution in [0, 0.1) is 5.92 Å². The average molecular weight is 352 g/mol. The summed E-state index contributed by atoms with van der Waals surface area (Å²) in [5, 5.41) is 7.71. The first-order valence-corrected chi connectivity index (χ1v) is 7.91. The Hall–Kier alpha value is -1.47. The first-order valence-electron chi connectivity index (χ1n) is 7.12. The van der Waals surface area contributed by atoms with Crippen LogP contribution in [-0.4, -0.2) is 32.9 Å². The topological polar surface area (TPSA) is 64.9 Å². The third kappa shape index (κ3) is 3.08. The van der Waals surface area contributed by atoms with Crippen molar-refractivity contribution >= 4 is 21.7 Å². The first-order chi connectivity index (χ1) is 10.3. The Morgan fingerprint density at radius 3 is 3.24 bits per heavy atom. The zero-order chi connectivity index (χ0) is 14.7. The molecule has 0 bridgehead atoms. The predicted octanol–water partition coefficient (Wildman–Crippen LogP) is 2.65. The van der Waals surface area contributed by atoms with Crippen LogP contribution in [0.5, 0.6) is 0 Å². The summed E-state index contributed by atoms with van der Waals surface area (Å²) in [5.74, 6) is 1.23. The Labute approximate surface area is 132 Å². The standard InChI is InChI=1S/C14H18BrN5O/c1-2-20-12(3-5-19-20)13-10(4-6-21-13)7-17-14-11(15)8-16-9-18-14/h3,5,8-10,13H,2,4,6-7H2,1H3,(H,16,17,18)/t10-,13+/m0/s1. The highest BCUT2D eigenvalue weighted by molar-refractivity contribution is 9.10. The molecule has 2 atom stereocenters. The summed E-state index contributed by atoms with van der Waals surface area (Å²) < 4.78 is 8.80. The summed E-state index contributed by atoms with van der Waals surface area (Å²) >= 11 is 3.45. The lowest BCUT2D eigenvalue weighted by Gasteiger charge is -2.20. The highest BCUT2D eigenvalue weighted by Gasteiger charge is 2.31. The van der Waals surface area contributed by atoms with Gasteiger partial charge in [-0.15, -0.1) is 0 Å². The molecule has 0 saturated carbocycles. The van der Waals surface area contributed by atoms with Crippen LogP contribution in [0.3, 0.4) is 0 Å². The Bertz CT molecular complexity index is 603. The Kier molecular flexibility index (Phi) is 4.50. The van der Waals surface area contributed by atoms with Gasteiger partial charge in [-0.25, -0.2) is 9.97 Å². The van der Waals surface area contributed by atoms with Crippen LogP contribution in [0.1, 0.15) is 25.1 Å². The molecule has 112 valence electrons. The van der Waals surface area contributed by atoms with Gasteiger partial charge in [-0.3, -0.25) is 4.68 Å². The van der Waals surface area contributed by atoms with Crippen LogP contribution in [-0.2, 0) is 11.3 Å². The Morgan fingerprint density at radius 2 is 2.43 bits per heavy atom. The van der Waals surface area contributed by atoms with Gasteiger partial charge < -0.3 is 10.1 Å². The van der Waals surface area contributed by atoms with Crippen LogP contribution >= 0.6 is 15.9 Å². The number of nitrogens with zero attached hydrogens (tertiary/aromatic N) is 4. The van der Waals surface area contributed by atoms with E-state index in [1.165, 1.54) is 0 Å². The van der Waals surface area contributed by atoms with E-state index < -0.39 is 0 Å². The molecule has 1 fully saturated rings. The van der Waals surface area contributed by atoms with E-state index in [4.69, 9.17) is 4.74 Å². The lowest BCUT2D eigenvalue weighted by molar-refractivity contribution is 0.0858. The van der Waals surface area contributed by atoms with Crippen molar-refractivity contribution in [2.75, 3.05) is 18.5 Å². The van der Waals surface area contributed by atoms with Crippen molar-refractivity contribution in [2.45, 2.75) is 26.0 Å². The fraction of sp³-hybridized carbons (Fsp3) is 0.500. The molecule has 3 rings (SSSR count). The van der Waals surface area contributed by atoms with Gasteiger partial charge in [0.25, 0.3) is 0 Å². The fourth-order valence-corrected chi connectivity index (χ4v) is 3.05. The molecular weight excluding hydrogens is 334 g/mol. The Morgan fingerprint density at radius 1 is 1.52 bits per heavy atom. The summed E-state index contributed by atoms with van der Waals surface area (Å²) in [6.07, 6.45) is 6.26. The van der Waals surface area contributed by atoms with Crippen LogP contribution in [0.25, 0.3) is 0 Å². The fourth-order valence-electron chi connectivity index (χ4n) is 2.69. The van der Waals surface area contributed by atoms with Crippen LogP contribution in [0.4, 0.5) is 5.82 Å². The monoisotopic (exact) mass is 351 g/mol. The van der Waals surface area contributed by atoms with Crippen molar-refractivity contribution in [3.05, 3.63) is 35.0 Å². The Balaban J connectivity index is 1.69. The molecule has 1 aliphatic heterocycles. The zero-order valence-electron chi connectivity index (χ0n) is 11.9. The summed E-state index contributed by atoms with van der Waals surface area (Å²) in [4.78, 5) is 8.20. The molecule has 0 amide bonds. The van der Waals surface area contributed by atoms with Gasteiger partial charge in [0, 0.05) is 38.0 Å². The quantitative estimate of drug-likeness (QED) is 0.896. The molecule has 1 aliphatic rings. The number of hydrogen-bond acceptors (Lipinski definition) is 5. The highest BCUT2D eigenvalue weighted by atomic mass is 79.9. The van der Waals surface area contributed by atoms with Gasteiger partial charge in [0.1, 0.15) is 18.2 Å². The molecule has 2 aromatic heterocycles. The molecule has 21 heavy (non-hydrogen) atoms. The second kappa shape index (κ2) is 6.53. The van der Waals surface area contributed by atoms with E-state index in [9.17, 15) is 0 Å². The van der Waals surface area contributed by atoms with Crippen molar-refractivity contribution in [2.24, 2.45) is 5.92 Å². The largest absolute Gasteiger partial charge is 0.372 e. The van der Waals surface area contributed by atoms with Crippen molar-refractivity contribution < 1.29 is 4.74 Å². The molecule has 0 unspecified atom stereocenters. The van der Waals surface area contributed by atoms with E-state index in [1.54, 1.807) is 12.5 Å². The summed E-state index contributed by atoms with van der Waals surface area (Å²) in [6, 6.07) is 2.05. The van der Waals surface area contributed by atoms with E-state index in [0.29, 0.717) is 5.92 Å². The van der Waals surface area contributed by atoms with Crippen LogP contribution < -0.4 is 5.32 Å². The van der Waals surface area contributed by atoms with Gasteiger partial charge in [-0.05, 0) is 35.3 Å². The number of anilines is 1. The second-order valence-electron chi connectivity index (χ2n) is 5.01. The van der Waals surface area contributed by atoms with E-state index in [2.05, 4.69) is 43.2 Å². The van der Waals surface area contributed by atoms with Gasteiger partial charge in [-0.1, -0.05) is 0 Å². The highest BCUT2D eigenvalue weighted by Crippen LogP contribution is 2.34. The molecule has 7 heteroatoms. The van der Waals surface area contributed by atoms with E-state index >= 15 is 0 Å². The maximum atomic E-state index is 5.93. The van der Waals surface area contributed by atoms with Gasteiger partial charge in [0.15, 0.2) is 0 Å². The minimum Gasteiger partial charge on any atom is -0.372 e. The molecule has 0 aromatic carbocycles. The van der Waals surface area contributed by atoms with Crippen LogP contribution in [0.15, 0.2) is 29.3 Å². The summed E-state index contributed by atoms with van der Waals surface area (Å²) in [7, 11) is 0. The number of ether oxygens (including phenoxy) is 1. The SMILES string of the molecule is CCn1nccc1[C@@H]1OCC[C@H]1CNc1ncncc1Br. The van der Waals surface area contributed by atoms with Crippen molar-refractivity contribution in [1.29, 1.82) is 0 Å². The third-order valence-electron chi connectivity index (χ3n) is 3.75. The molecule has 3 heterocycles. The maximum absolute atomic E-state index is 5.93. The molecule has 0 aliphatic carbocycles. The number of rotatable bonds is 5. The average Bonchev–Trinajstić information content (AvgIpc) is 3.14. The lowest BCUT2D eigenvalue weighted by atomic mass is 9.99. The third-order valence-corrected chi connectivity index (χ3v) is 4.33. The van der Waals surface area contributed by atoms with Crippen LogP contribution in [0.2, 0.25) is 0 Å². The molecule has 0 spiro atoms. The maximum Gasteiger partial charge on any atom is 0.143 e. The number of nitrogens with one attached hydrogen (secondary N) is 1. The van der Waals surface area contributed by atoms with Gasteiger partial charge in [0.2, 0.25) is 0 Å². The second-order valence-corrected chi connectivity index (χ2v) is 5.87. The van der Waals surface area contributed by atoms with E-state index in [1.807, 2.05) is 16.9 Å². The summed E-state index contributed by atoms with van der Waals surface area (Å²) in [6.45, 7) is 4.56. The molecular formula is C14H18BrN5O. The molecule has 0 radical (unpaired) electrons. The first kappa shape index (κ1) is 14.5. The smallest absolute Gasteiger partial charge is 0.143 e. The van der Waals surface area contributed by atoms with Crippen molar-refractivity contribution in [3.63, 3.8) is 0 Å². The number of aryl methyl sites for hydroxylation is 1.